The van der Waals surface area contributed by atoms with Crippen molar-refractivity contribution in [2.45, 2.75) is 45.4 Å². The molecule has 0 amide bonds. The van der Waals surface area contributed by atoms with Gasteiger partial charge in [0.25, 0.3) is 0 Å². The molecule has 0 atom stereocenters. The highest BCUT2D eigenvalue weighted by Gasteiger charge is 2.27. The Labute approximate surface area is 120 Å². The van der Waals surface area contributed by atoms with Gasteiger partial charge in [0, 0.05) is 28.8 Å². The lowest BCUT2D eigenvalue weighted by Gasteiger charge is -2.12. The number of benzene rings is 1. The predicted molar refractivity (Wildman–Crippen MR) is 82.7 cm³/mol. The molecule has 0 N–H and O–H groups in total. The standard InChI is InChI=1S/C17H20ClN/c1-2-15-11-16(13-8-5-9-14(18)10-13)17(19-15)12-6-3-4-7-12/h5,8-10,12H,2-4,6-7,11H2,1H3. The van der Waals surface area contributed by atoms with Gasteiger partial charge in [-0.1, -0.05) is 43.5 Å². The first kappa shape index (κ1) is 12.9. The molecule has 1 heterocycles. The van der Waals surface area contributed by atoms with Crippen molar-refractivity contribution in [3.05, 3.63) is 40.5 Å². The minimum atomic E-state index is 0.679. The fourth-order valence-corrected chi connectivity index (χ4v) is 3.43. The van der Waals surface area contributed by atoms with Gasteiger partial charge in [0.05, 0.1) is 0 Å². The van der Waals surface area contributed by atoms with Crippen LogP contribution in [0.4, 0.5) is 0 Å². The van der Waals surface area contributed by atoms with E-state index in [0.29, 0.717) is 5.92 Å². The first-order valence-corrected chi connectivity index (χ1v) is 7.71. The maximum absolute atomic E-state index is 6.14. The average molecular weight is 274 g/mol. The van der Waals surface area contributed by atoms with Crippen molar-refractivity contribution >= 4 is 22.9 Å². The third-order valence-corrected chi connectivity index (χ3v) is 4.53. The Balaban J connectivity index is 1.99. The molecule has 0 spiro atoms. The topological polar surface area (TPSA) is 12.4 Å². The molecule has 0 saturated heterocycles. The molecule has 2 heteroatoms. The Bertz CT molecular complexity index is 536. The van der Waals surface area contributed by atoms with Crippen molar-refractivity contribution < 1.29 is 0 Å². The van der Waals surface area contributed by atoms with Crippen molar-refractivity contribution in [2.24, 2.45) is 10.9 Å². The molecular weight excluding hydrogens is 254 g/mol. The number of hydrogen-bond donors (Lipinski definition) is 0. The molecule has 0 unspecified atom stereocenters. The van der Waals surface area contributed by atoms with Crippen LogP contribution in [0.15, 0.2) is 35.0 Å². The molecule has 1 saturated carbocycles. The lowest BCUT2D eigenvalue weighted by atomic mass is 9.94. The Morgan fingerprint density at radius 2 is 2.05 bits per heavy atom. The van der Waals surface area contributed by atoms with Gasteiger partial charge in [0.1, 0.15) is 0 Å². The Morgan fingerprint density at radius 1 is 1.26 bits per heavy atom. The SMILES string of the molecule is CCC1=NC(C2CCCC2)=C(c2cccc(Cl)c2)C1. The summed E-state index contributed by atoms with van der Waals surface area (Å²) < 4.78 is 0. The molecule has 0 bridgehead atoms. The minimum Gasteiger partial charge on any atom is -0.261 e. The van der Waals surface area contributed by atoms with Crippen molar-refractivity contribution in [3.63, 3.8) is 0 Å². The predicted octanol–water partition coefficient (Wildman–Crippen LogP) is 5.50. The van der Waals surface area contributed by atoms with Crippen molar-refractivity contribution in [2.75, 3.05) is 0 Å². The second-order valence-electron chi connectivity index (χ2n) is 5.56. The summed E-state index contributed by atoms with van der Waals surface area (Å²) in [5.74, 6) is 0.679. The molecule has 3 rings (SSSR count). The second kappa shape index (κ2) is 5.50. The van der Waals surface area contributed by atoms with E-state index < -0.39 is 0 Å². The first-order valence-electron chi connectivity index (χ1n) is 7.33. The molecule has 1 aliphatic heterocycles. The van der Waals surface area contributed by atoms with E-state index in [1.54, 1.807) is 0 Å². The quantitative estimate of drug-likeness (QED) is 0.690. The molecule has 100 valence electrons. The fraction of sp³-hybridized carbons (Fsp3) is 0.471. The minimum absolute atomic E-state index is 0.679. The first-order chi connectivity index (χ1) is 9.28. The summed E-state index contributed by atoms with van der Waals surface area (Å²) in [7, 11) is 0. The van der Waals surface area contributed by atoms with Gasteiger partial charge in [0.15, 0.2) is 0 Å². The van der Waals surface area contributed by atoms with E-state index >= 15 is 0 Å². The third-order valence-electron chi connectivity index (χ3n) is 4.29. The Hall–Kier alpha value is -1.08. The van der Waals surface area contributed by atoms with Gasteiger partial charge in [-0.3, -0.25) is 4.99 Å². The van der Waals surface area contributed by atoms with Crippen LogP contribution < -0.4 is 0 Å². The van der Waals surface area contributed by atoms with E-state index in [-0.39, 0.29) is 0 Å². The molecule has 1 fully saturated rings. The van der Waals surface area contributed by atoms with E-state index in [4.69, 9.17) is 16.6 Å². The molecule has 1 aromatic rings. The van der Waals surface area contributed by atoms with Gasteiger partial charge in [-0.15, -0.1) is 0 Å². The Kier molecular flexibility index (Phi) is 3.74. The molecule has 1 nitrogen and oxygen atoms in total. The lowest BCUT2D eigenvalue weighted by Crippen LogP contribution is -1.97. The molecular formula is C17H20ClN. The second-order valence-corrected chi connectivity index (χ2v) is 6.00. The third kappa shape index (κ3) is 2.62. The number of halogens is 1. The van der Waals surface area contributed by atoms with Crippen LogP contribution in [0.5, 0.6) is 0 Å². The number of nitrogens with zero attached hydrogens (tertiary/aromatic N) is 1. The van der Waals surface area contributed by atoms with E-state index in [1.807, 2.05) is 12.1 Å². The maximum atomic E-state index is 6.14. The average Bonchev–Trinajstić information content (AvgIpc) is 3.07. The molecule has 2 aliphatic rings. The van der Waals surface area contributed by atoms with Crippen LogP contribution in [0.2, 0.25) is 5.02 Å². The number of allylic oxidation sites excluding steroid dienone is 2. The summed E-state index contributed by atoms with van der Waals surface area (Å²) >= 11 is 6.14. The summed E-state index contributed by atoms with van der Waals surface area (Å²) in [6.45, 7) is 2.20. The van der Waals surface area contributed by atoms with Crippen molar-refractivity contribution in [1.82, 2.24) is 0 Å². The number of rotatable bonds is 3. The van der Waals surface area contributed by atoms with E-state index in [9.17, 15) is 0 Å². The summed E-state index contributed by atoms with van der Waals surface area (Å²) in [5, 5.41) is 0.820. The molecule has 1 aliphatic carbocycles. The molecule has 0 aromatic heterocycles. The maximum Gasteiger partial charge on any atom is 0.0475 e. The zero-order valence-electron chi connectivity index (χ0n) is 11.5. The molecule has 0 radical (unpaired) electrons. The highest BCUT2D eigenvalue weighted by molar-refractivity contribution is 6.30. The largest absolute Gasteiger partial charge is 0.261 e. The number of aliphatic imine (C=N–C) groups is 1. The molecule has 1 aromatic carbocycles. The highest BCUT2D eigenvalue weighted by Crippen LogP contribution is 2.41. The van der Waals surface area contributed by atoms with Crippen LogP contribution in [-0.4, -0.2) is 5.71 Å². The summed E-state index contributed by atoms with van der Waals surface area (Å²) in [5.41, 5.74) is 5.38. The molecule has 19 heavy (non-hydrogen) atoms. The van der Waals surface area contributed by atoms with Gasteiger partial charge in [-0.2, -0.15) is 0 Å². The number of hydrogen-bond acceptors (Lipinski definition) is 1. The van der Waals surface area contributed by atoms with Crippen LogP contribution in [0, 0.1) is 5.92 Å². The zero-order valence-corrected chi connectivity index (χ0v) is 12.2. The highest BCUT2D eigenvalue weighted by atomic mass is 35.5. The van der Waals surface area contributed by atoms with Gasteiger partial charge in [0.2, 0.25) is 0 Å². The Morgan fingerprint density at radius 3 is 2.74 bits per heavy atom. The smallest absolute Gasteiger partial charge is 0.0475 e. The van der Waals surface area contributed by atoms with Gasteiger partial charge in [-0.25, -0.2) is 0 Å². The lowest BCUT2D eigenvalue weighted by molar-refractivity contribution is 0.639. The summed E-state index contributed by atoms with van der Waals surface area (Å²) in [6.07, 6.45) is 7.39. The van der Waals surface area contributed by atoms with Gasteiger partial charge >= 0.3 is 0 Å². The van der Waals surface area contributed by atoms with E-state index in [2.05, 4.69) is 19.1 Å². The van der Waals surface area contributed by atoms with Gasteiger partial charge < -0.3 is 0 Å². The van der Waals surface area contributed by atoms with E-state index in [1.165, 1.54) is 48.2 Å². The van der Waals surface area contributed by atoms with Crippen LogP contribution in [0.25, 0.3) is 5.57 Å². The zero-order chi connectivity index (χ0) is 13.2. The van der Waals surface area contributed by atoms with Crippen molar-refractivity contribution in [1.29, 1.82) is 0 Å². The van der Waals surface area contributed by atoms with Gasteiger partial charge in [-0.05, 0) is 42.5 Å². The summed E-state index contributed by atoms with van der Waals surface area (Å²) in [6, 6.07) is 8.24. The monoisotopic (exact) mass is 273 g/mol. The summed E-state index contributed by atoms with van der Waals surface area (Å²) in [4.78, 5) is 4.93. The van der Waals surface area contributed by atoms with E-state index in [0.717, 1.165) is 17.9 Å². The normalized spacial score (nSPS) is 20.2. The van der Waals surface area contributed by atoms with Crippen LogP contribution in [0.3, 0.4) is 0 Å². The van der Waals surface area contributed by atoms with Crippen LogP contribution >= 0.6 is 11.6 Å². The van der Waals surface area contributed by atoms with Crippen LogP contribution in [-0.2, 0) is 0 Å². The van der Waals surface area contributed by atoms with Crippen molar-refractivity contribution in [3.8, 4) is 0 Å². The fourth-order valence-electron chi connectivity index (χ4n) is 3.24. The van der Waals surface area contributed by atoms with Crippen LogP contribution in [0.1, 0.15) is 51.0 Å².